The van der Waals surface area contributed by atoms with E-state index >= 15 is 0 Å². The van der Waals surface area contributed by atoms with Gasteiger partial charge in [-0.25, -0.2) is 17.5 Å². The Hall–Kier alpha value is -2.09. The lowest BCUT2D eigenvalue weighted by atomic mass is 9.94. The fourth-order valence-electron chi connectivity index (χ4n) is 4.30. The van der Waals surface area contributed by atoms with Crippen molar-refractivity contribution in [1.29, 1.82) is 0 Å². The van der Waals surface area contributed by atoms with Crippen molar-refractivity contribution in [3.63, 3.8) is 0 Å². The molecule has 3 atom stereocenters. The third kappa shape index (κ3) is 2.96. The molecule has 8 heteroatoms. The van der Waals surface area contributed by atoms with Crippen molar-refractivity contribution in [3.8, 4) is 0 Å². The van der Waals surface area contributed by atoms with Crippen LogP contribution in [0, 0.1) is 11.8 Å². The van der Waals surface area contributed by atoms with Crippen LogP contribution in [0.15, 0.2) is 30.3 Å². The first-order valence-electron chi connectivity index (χ1n) is 8.88. The highest BCUT2D eigenvalue weighted by atomic mass is 32.2. The lowest BCUT2D eigenvalue weighted by Gasteiger charge is -2.26. The van der Waals surface area contributed by atoms with Gasteiger partial charge in [-0.2, -0.15) is 0 Å². The Morgan fingerprint density at radius 1 is 1.19 bits per heavy atom. The number of sulfonamides is 1. The number of carbonyl (C=O) groups is 2. The van der Waals surface area contributed by atoms with Crippen molar-refractivity contribution in [1.82, 2.24) is 9.21 Å². The van der Waals surface area contributed by atoms with E-state index in [1.165, 1.54) is 0 Å². The van der Waals surface area contributed by atoms with Crippen LogP contribution in [-0.4, -0.2) is 54.5 Å². The molecule has 2 heterocycles. The highest BCUT2D eigenvalue weighted by molar-refractivity contribution is 7.88. The van der Waals surface area contributed by atoms with Gasteiger partial charge in [0, 0.05) is 6.54 Å². The SMILES string of the molecule is CS(=O)(=O)N1C(=O)[C@H](C2CC2)[C@H]2[C@@H]1CCN2C(=O)OCc1ccccc1. The maximum absolute atomic E-state index is 12.8. The summed E-state index contributed by atoms with van der Waals surface area (Å²) in [4.78, 5) is 27.0. The second-order valence-electron chi connectivity index (χ2n) is 7.34. The van der Waals surface area contributed by atoms with Crippen molar-refractivity contribution in [2.24, 2.45) is 11.8 Å². The van der Waals surface area contributed by atoms with E-state index in [4.69, 9.17) is 4.74 Å². The van der Waals surface area contributed by atoms with Gasteiger partial charge in [0.05, 0.1) is 24.3 Å². The summed E-state index contributed by atoms with van der Waals surface area (Å²) in [6.45, 7) is 0.566. The number of likely N-dealkylation sites (tertiary alicyclic amines) is 1. The average molecular weight is 378 g/mol. The number of fused-ring (bicyclic) bond motifs is 1. The van der Waals surface area contributed by atoms with Crippen LogP contribution >= 0.6 is 0 Å². The molecule has 0 N–H and O–H groups in total. The van der Waals surface area contributed by atoms with Gasteiger partial charge in [0.1, 0.15) is 6.61 Å². The van der Waals surface area contributed by atoms with Crippen LogP contribution < -0.4 is 0 Å². The molecular weight excluding hydrogens is 356 g/mol. The summed E-state index contributed by atoms with van der Waals surface area (Å²) in [6.07, 6.45) is 2.87. The van der Waals surface area contributed by atoms with Crippen LogP contribution in [-0.2, 0) is 26.2 Å². The maximum atomic E-state index is 12.8. The smallest absolute Gasteiger partial charge is 0.410 e. The van der Waals surface area contributed by atoms with Gasteiger partial charge in [-0.05, 0) is 30.7 Å². The molecule has 0 aromatic heterocycles. The highest BCUT2D eigenvalue weighted by Gasteiger charge is 2.61. The van der Waals surface area contributed by atoms with Gasteiger partial charge in [-0.15, -0.1) is 0 Å². The molecule has 0 radical (unpaired) electrons. The predicted octanol–water partition coefficient (Wildman–Crippen LogP) is 1.59. The van der Waals surface area contributed by atoms with Crippen molar-refractivity contribution >= 4 is 22.0 Å². The molecule has 1 aromatic carbocycles. The minimum Gasteiger partial charge on any atom is -0.445 e. The van der Waals surface area contributed by atoms with E-state index in [0.717, 1.165) is 29.0 Å². The highest BCUT2D eigenvalue weighted by Crippen LogP contribution is 2.49. The number of amides is 2. The largest absolute Gasteiger partial charge is 0.445 e. The molecule has 2 aliphatic heterocycles. The zero-order chi connectivity index (χ0) is 18.5. The Labute approximate surface area is 153 Å². The van der Waals surface area contributed by atoms with E-state index < -0.39 is 34.1 Å². The van der Waals surface area contributed by atoms with Gasteiger partial charge in [0.25, 0.3) is 0 Å². The fourth-order valence-corrected chi connectivity index (χ4v) is 5.48. The number of benzene rings is 1. The zero-order valence-electron chi connectivity index (χ0n) is 14.6. The lowest BCUT2D eigenvalue weighted by Crippen LogP contribution is -2.43. The summed E-state index contributed by atoms with van der Waals surface area (Å²) >= 11 is 0. The Kier molecular flexibility index (Phi) is 4.17. The first-order chi connectivity index (χ1) is 12.4. The summed E-state index contributed by atoms with van der Waals surface area (Å²) in [5.41, 5.74) is 0.885. The third-order valence-corrected chi connectivity index (χ3v) is 6.68. The first kappa shape index (κ1) is 17.3. The minimum atomic E-state index is -3.64. The van der Waals surface area contributed by atoms with Crippen LogP contribution in [0.5, 0.6) is 0 Å². The molecule has 1 aromatic rings. The van der Waals surface area contributed by atoms with Gasteiger partial charge in [0.15, 0.2) is 0 Å². The number of rotatable bonds is 4. The molecule has 0 unspecified atom stereocenters. The quantitative estimate of drug-likeness (QED) is 0.794. The Morgan fingerprint density at radius 2 is 1.88 bits per heavy atom. The van der Waals surface area contributed by atoms with E-state index in [1.807, 2.05) is 30.3 Å². The first-order valence-corrected chi connectivity index (χ1v) is 10.7. The Morgan fingerprint density at radius 3 is 2.50 bits per heavy atom. The summed E-state index contributed by atoms with van der Waals surface area (Å²) in [6, 6.07) is 8.51. The monoisotopic (exact) mass is 378 g/mol. The van der Waals surface area contributed by atoms with Crippen LogP contribution in [0.3, 0.4) is 0 Å². The normalized spacial score (nSPS) is 28.3. The average Bonchev–Trinajstić information content (AvgIpc) is 3.26. The maximum Gasteiger partial charge on any atom is 0.410 e. The van der Waals surface area contributed by atoms with Crippen LogP contribution in [0.4, 0.5) is 4.79 Å². The number of carbonyl (C=O) groups excluding carboxylic acids is 2. The van der Waals surface area contributed by atoms with E-state index in [1.54, 1.807) is 4.90 Å². The minimum absolute atomic E-state index is 0.158. The molecule has 2 amide bonds. The second kappa shape index (κ2) is 6.26. The molecule has 1 aliphatic carbocycles. The predicted molar refractivity (Wildman–Crippen MR) is 93.4 cm³/mol. The molecule has 0 spiro atoms. The number of nitrogens with zero attached hydrogens (tertiary/aromatic N) is 2. The number of ether oxygens (including phenoxy) is 1. The standard InChI is InChI=1S/C18H22N2O5S/c1-26(23,24)20-14-9-10-19(16(14)15(17(20)21)13-7-8-13)18(22)25-11-12-5-3-2-4-6-12/h2-6,13-16H,7-11H2,1H3/t14-,15+,16+/m0/s1. The number of hydrogen-bond donors (Lipinski definition) is 0. The molecule has 0 bridgehead atoms. The molecule has 1 saturated carbocycles. The lowest BCUT2D eigenvalue weighted by molar-refractivity contribution is -0.128. The summed E-state index contributed by atoms with van der Waals surface area (Å²) in [7, 11) is -3.64. The molecular formula is C18H22N2O5S. The Bertz CT molecular complexity index is 821. The van der Waals surface area contributed by atoms with Gasteiger partial charge in [-0.3, -0.25) is 4.79 Å². The topological polar surface area (TPSA) is 84.0 Å². The van der Waals surface area contributed by atoms with E-state index in [-0.39, 0.29) is 18.4 Å². The fraction of sp³-hybridized carbons (Fsp3) is 0.556. The van der Waals surface area contributed by atoms with Gasteiger partial charge in [0.2, 0.25) is 15.9 Å². The molecule has 140 valence electrons. The third-order valence-electron chi connectivity index (χ3n) is 5.52. The van der Waals surface area contributed by atoms with Crippen LogP contribution in [0.1, 0.15) is 24.8 Å². The molecule has 4 rings (SSSR count). The second-order valence-corrected chi connectivity index (χ2v) is 9.20. The van der Waals surface area contributed by atoms with Gasteiger partial charge >= 0.3 is 6.09 Å². The summed E-state index contributed by atoms with van der Waals surface area (Å²) < 4.78 is 30.7. The molecule has 7 nitrogen and oxygen atoms in total. The van der Waals surface area contributed by atoms with Crippen molar-refractivity contribution in [3.05, 3.63) is 35.9 Å². The van der Waals surface area contributed by atoms with E-state index in [2.05, 4.69) is 0 Å². The zero-order valence-corrected chi connectivity index (χ0v) is 15.4. The summed E-state index contributed by atoms with van der Waals surface area (Å²) in [5, 5.41) is 0. The molecule has 26 heavy (non-hydrogen) atoms. The van der Waals surface area contributed by atoms with Crippen molar-refractivity contribution < 1.29 is 22.7 Å². The van der Waals surface area contributed by atoms with Gasteiger partial charge < -0.3 is 9.64 Å². The molecule has 3 fully saturated rings. The van der Waals surface area contributed by atoms with Crippen LogP contribution in [0.25, 0.3) is 0 Å². The van der Waals surface area contributed by atoms with Crippen molar-refractivity contribution in [2.45, 2.75) is 38.0 Å². The molecule has 2 saturated heterocycles. The van der Waals surface area contributed by atoms with E-state index in [0.29, 0.717) is 13.0 Å². The summed E-state index contributed by atoms with van der Waals surface area (Å²) in [5.74, 6) is -0.615. The van der Waals surface area contributed by atoms with Crippen molar-refractivity contribution in [2.75, 3.05) is 12.8 Å². The van der Waals surface area contributed by atoms with Crippen LogP contribution in [0.2, 0.25) is 0 Å². The molecule has 3 aliphatic rings. The Balaban J connectivity index is 1.53. The number of hydrogen-bond acceptors (Lipinski definition) is 5. The van der Waals surface area contributed by atoms with E-state index in [9.17, 15) is 18.0 Å². The van der Waals surface area contributed by atoms with Gasteiger partial charge in [-0.1, -0.05) is 30.3 Å².